The summed E-state index contributed by atoms with van der Waals surface area (Å²) in [6.45, 7) is 8.27. The van der Waals surface area contributed by atoms with Crippen LogP contribution in [0, 0.1) is 11.7 Å². The Morgan fingerprint density at radius 3 is 2.56 bits per heavy atom. The van der Waals surface area contributed by atoms with Crippen LogP contribution in [0.1, 0.15) is 38.3 Å². The Morgan fingerprint density at radius 2 is 1.88 bits per heavy atom. The molecule has 1 heterocycles. The fourth-order valence-electron chi connectivity index (χ4n) is 3.31. The number of carbonyl (C=O) groups is 2. The Kier molecular flexibility index (Phi) is 7.88. The number of aromatic nitrogens is 3. The molecule has 0 atom stereocenters. The summed E-state index contributed by atoms with van der Waals surface area (Å²) in [6, 6.07) is 15.4. The minimum absolute atomic E-state index is 0.143. The van der Waals surface area contributed by atoms with Gasteiger partial charge >= 0.3 is 6.09 Å². The van der Waals surface area contributed by atoms with E-state index in [1.165, 1.54) is 4.90 Å². The second kappa shape index (κ2) is 10.6. The van der Waals surface area contributed by atoms with Gasteiger partial charge in [-0.2, -0.15) is 5.10 Å². The lowest BCUT2D eigenvalue weighted by Gasteiger charge is -2.24. The third-order valence-corrected chi connectivity index (χ3v) is 5.28. The monoisotopic (exact) mass is 481 g/mol. The number of rotatable bonds is 7. The highest BCUT2D eigenvalue weighted by Gasteiger charge is 2.19. The van der Waals surface area contributed by atoms with Crippen molar-refractivity contribution in [3.63, 3.8) is 0 Å². The Bertz CT molecular complexity index is 1210. The van der Waals surface area contributed by atoms with Gasteiger partial charge in [0, 0.05) is 37.8 Å². The summed E-state index contributed by atoms with van der Waals surface area (Å²) in [5, 5.41) is 10.1. The minimum atomic E-state index is -0.557. The van der Waals surface area contributed by atoms with Crippen LogP contribution in [0.15, 0.2) is 48.5 Å². The van der Waals surface area contributed by atoms with Crippen molar-refractivity contribution in [2.75, 3.05) is 12.4 Å². The number of aryl methyl sites for hydroxylation is 1. The molecule has 2 N–H and O–H groups in total. The Balaban J connectivity index is 1.60. The van der Waals surface area contributed by atoms with Crippen molar-refractivity contribution in [2.24, 2.45) is 0 Å². The van der Waals surface area contributed by atoms with E-state index in [0.717, 1.165) is 16.7 Å². The van der Waals surface area contributed by atoms with Gasteiger partial charge in [-0.25, -0.2) is 4.79 Å². The number of nitrogens with one attached hydrogen (secondary N) is 2. The lowest BCUT2D eigenvalue weighted by molar-refractivity contribution is -0.116. The first-order chi connectivity index (χ1) is 16.0. The molecule has 2 aromatic carbocycles. The molecule has 0 saturated carbocycles. The summed E-state index contributed by atoms with van der Waals surface area (Å²) in [4.78, 5) is 26.3. The van der Waals surface area contributed by atoms with Gasteiger partial charge in [-0.3, -0.25) is 14.5 Å². The zero-order valence-corrected chi connectivity index (χ0v) is 21.0. The largest absolute Gasteiger partial charge is 0.444 e. The molecule has 3 rings (SSSR count). The third kappa shape index (κ3) is 7.02. The van der Waals surface area contributed by atoms with Crippen LogP contribution in [0.25, 0.3) is 11.4 Å². The third-order valence-electron chi connectivity index (χ3n) is 4.97. The summed E-state index contributed by atoms with van der Waals surface area (Å²) in [7, 11) is 1.68. The highest BCUT2D eigenvalue weighted by Crippen LogP contribution is 2.19. The van der Waals surface area contributed by atoms with Crippen LogP contribution in [0.5, 0.6) is 0 Å². The first kappa shape index (κ1) is 25.2. The number of carbonyl (C=O) groups excluding carboxylic acids is 2. The standard InChI is InChI=1S/C25H31N5O3S/c1-17-9-11-19(12-10-17)22-27-28-23(34)30(22)14-13-21(31)26-20-8-6-7-18(15-20)16-29(5)24(32)33-25(2,3)4/h6-12,15H,13-14,16H2,1-5H3,(H,26,31)(H,28,34). The van der Waals surface area contributed by atoms with Gasteiger partial charge < -0.3 is 15.0 Å². The van der Waals surface area contributed by atoms with Crippen LogP contribution in [-0.2, 0) is 22.6 Å². The maximum absolute atomic E-state index is 12.6. The molecule has 0 radical (unpaired) electrons. The van der Waals surface area contributed by atoms with E-state index in [9.17, 15) is 9.59 Å². The smallest absolute Gasteiger partial charge is 0.410 e. The summed E-state index contributed by atoms with van der Waals surface area (Å²) >= 11 is 5.36. The van der Waals surface area contributed by atoms with E-state index in [1.807, 2.05) is 80.8 Å². The summed E-state index contributed by atoms with van der Waals surface area (Å²) < 4.78 is 7.68. The van der Waals surface area contributed by atoms with Gasteiger partial charge in [0.1, 0.15) is 5.60 Å². The number of benzene rings is 2. The molecule has 2 amide bonds. The first-order valence-electron chi connectivity index (χ1n) is 11.1. The van der Waals surface area contributed by atoms with E-state index >= 15 is 0 Å². The van der Waals surface area contributed by atoms with Gasteiger partial charge in [0.15, 0.2) is 10.6 Å². The van der Waals surface area contributed by atoms with Crippen molar-refractivity contribution in [1.29, 1.82) is 0 Å². The Hall–Kier alpha value is -3.46. The highest BCUT2D eigenvalue weighted by molar-refractivity contribution is 7.71. The average molecular weight is 482 g/mol. The highest BCUT2D eigenvalue weighted by atomic mass is 32.1. The van der Waals surface area contributed by atoms with Crippen molar-refractivity contribution in [3.05, 3.63) is 64.4 Å². The van der Waals surface area contributed by atoms with Gasteiger partial charge in [-0.15, -0.1) is 0 Å². The number of ether oxygens (including phenoxy) is 1. The molecule has 0 aliphatic carbocycles. The molecular formula is C25H31N5O3S. The van der Waals surface area contributed by atoms with E-state index in [0.29, 0.717) is 29.4 Å². The SMILES string of the molecule is Cc1ccc(-c2n[nH]c(=S)n2CCC(=O)Nc2cccc(CN(C)C(=O)OC(C)(C)C)c2)cc1. The molecule has 0 saturated heterocycles. The summed E-state index contributed by atoms with van der Waals surface area (Å²) in [6.07, 6.45) is -0.169. The molecule has 34 heavy (non-hydrogen) atoms. The van der Waals surface area contributed by atoms with Crippen LogP contribution in [-0.4, -0.2) is 44.3 Å². The fourth-order valence-corrected chi connectivity index (χ4v) is 3.53. The van der Waals surface area contributed by atoms with Crippen molar-refractivity contribution in [2.45, 2.75) is 52.8 Å². The van der Waals surface area contributed by atoms with Crippen LogP contribution >= 0.6 is 12.2 Å². The van der Waals surface area contributed by atoms with Crippen LogP contribution in [0.4, 0.5) is 10.5 Å². The average Bonchev–Trinajstić information content (AvgIpc) is 3.12. The molecule has 0 spiro atoms. The fraction of sp³-hybridized carbons (Fsp3) is 0.360. The molecule has 0 bridgehead atoms. The number of anilines is 1. The summed E-state index contributed by atoms with van der Waals surface area (Å²) in [5.74, 6) is 0.556. The topological polar surface area (TPSA) is 92.3 Å². The zero-order chi connectivity index (χ0) is 24.9. The molecule has 9 heteroatoms. The number of amides is 2. The first-order valence-corrected chi connectivity index (χ1v) is 11.5. The van der Waals surface area contributed by atoms with Crippen molar-refractivity contribution in [3.8, 4) is 11.4 Å². The molecule has 0 unspecified atom stereocenters. The predicted octanol–water partition coefficient (Wildman–Crippen LogP) is 5.31. The van der Waals surface area contributed by atoms with Crippen LogP contribution in [0.2, 0.25) is 0 Å². The van der Waals surface area contributed by atoms with Gasteiger partial charge in [0.05, 0.1) is 0 Å². The van der Waals surface area contributed by atoms with Gasteiger partial charge in [-0.1, -0.05) is 42.0 Å². The second-order valence-electron chi connectivity index (χ2n) is 9.20. The Morgan fingerprint density at radius 1 is 1.18 bits per heavy atom. The van der Waals surface area contributed by atoms with Crippen molar-refractivity contribution in [1.82, 2.24) is 19.7 Å². The molecule has 180 valence electrons. The maximum atomic E-state index is 12.6. The predicted molar refractivity (Wildman–Crippen MR) is 135 cm³/mol. The normalized spacial score (nSPS) is 11.2. The number of H-pyrrole nitrogens is 1. The van der Waals surface area contributed by atoms with Crippen LogP contribution < -0.4 is 5.32 Å². The molecule has 0 aliphatic heterocycles. The van der Waals surface area contributed by atoms with Gasteiger partial charge in [-0.05, 0) is 57.6 Å². The van der Waals surface area contributed by atoms with E-state index in [4.69, 9.17) is 17.0 Å². The maximum Gasteiger partial charge on any atom is 0.410 e. The minimum Gasteiger partial charge on any atom is -0.444 e. The van der Waals surface area contributed by atoms with Gasteiger partial charge in [0.2, 0.25) is 5.91 Å². The van der Waals surface area contributed by atoms with E-state index < -0.39 is 11.7 Å². The lowest BCUT2D eigenvalue weighted by Crippen LogP contribution is -2.33. The molecule has 0 fully saturated rings. The van der Waals surface area contributed by atoms with Crippen molar-refractivity contribution >= 4 is 29.9 Å². The number of aromatic amines is 1. The number of hydrogen-bond acceptors (Lipinski definition) is 5. The molecule has 0 aliphatic rings. The quantitative estimate of drug-likeness (QED) is 0.446. The van der Waals surface area contributed by atoms with E-state index in [1.54, 1.807) is 7.05 Å². The van der Waals surface area contributed by atoms with Crippen molar-refractivity contribution < 1.29 is 14.3 Å². The van der Waals surface area contributed by atoms with Crippen LogP contribution in [0.3, 0.4) is 0 Å². The van der Waals surface area contributed by atoms with E-state index in [-0.39, 0.29) is 12.3 Å². The molecule has 1 aromatic heterocycles. The summed E-state index contributed by atoms with van der Waals surface area (Å²) in [5.41, 5.74) is 3.07. The molecule has 8 nitrogen and oxygen atoms in total. The molecule has 3 aromatic rings. The number of hydrogen-bond donors (Lipinski definition) is 2. The van der Waals surface area contributed by atoms with E-state index in [2.05, 4.69) is 15.5 Å². The lowest BCUT2D eigenvalue weighted by atomic mass is 10.1. The number of nitrogens with zero attached hydrogens (tertiary/aromatic N) is 3. The zero-order valence-electron chi connectivity index (χ0n) is 20.2. The Labute approximate surface area is 204 Å². The van der Waals surface area contributed by atoms with Gasteiger partial charge in [0.25, 0.3) is 0 Å². The molecular weight excluding hydrogens is 450 g/mol. The second-order valence-corrected chi connectivity index (χ2v) is 9.59.